The highest BCUT2D eigenvalue weighted by atomic mass is 19.1. The molecular weight excluding hydrogens is 283 g/mol. The lowest BCUT2D eigenvalue weighted by Crippen LogP contribution is -2.38. The van der Waals surface area contributed by atoms with E-state index in [-0.39, 0.29) is 18.0 Å². The van der Waals surface area contributed by atoms with Gasteiger partial charge in [-0.2, -0.15) is 0 Å². The number of halogens is 1. The van der Waals surface area contributed by atoms with Crippen LogP contribution in [0.3, 0.4) is 0 Å². The molecule has 0 heterocycles. The molecule has 2 unspecified atom stereocenters. The summed E-state index contributed by atoms with van der Waals surface area (Å²) < 4.78 is 18.1. The Bertz CT molecular complexity index is 496. The monoisotopic (exact) mass is 308 g/mol. The van der Waals surface area contributed by atoms with Crippen LogP contribution in [0.4, 0.5) is 9.18 Å². The third kappa shape index (κ3) is 5.64. The van der Waals surface area contributed by atoms with Gasteiger partial charge in [-0.05, 0) is 57.7 Å². The number of carbonyl (C=O) groups is 1. The molecule has 0 aromatic heterocycles. The van der Waals surface area contributed by atoms with Gasteiger partial charge in [-0.25, -0.2) is 9.18 Å². The summed E-state index contributed by atoms with van der Waals surface area (Å²) in [4.78, 5) is 11.7. The van der Waals surface area contributed by atoms with Crippen molar-refractivity contribution < 1.29 is 13.9 Å². The van der Waals surface area contributed by atoms with Crippen molar-refractivity contribution in [1.82, 2.24) is 10.6 Å². The summed E-state index contributed by atoms with van der Waals surface area (Å²) in [7, 11) is 0. The number of carbonyl (C=O) groups excluding carboxylic acids is 1. The normalized spacial score (nSPS) is 21.6. The molecule has 0 radical (unpaired) electrons. The number of nitrogens with one attached hydrogen (secondary N) is 2. The smallest absolute Gasteiger partial charge is 0.407 e. The van der Waals surface area contributed by atoms with Crippen LogP contribution in [0.25, 0.3) is 0 Å². The van der Waals surface area contributed by atoms with E-state index in [9.17, 15) is 9.18 Å². The zero-order valence-electron chi connectivity index (χ0n) is 13.5. The van der Waals surface area contributed by atoms with E-state index in [0.29, 0.717) is 12.6 Å². The number of amides is 1. The lowest BCUT2D eigenvalue weighted by Gasteiger charge is -2.21. The minimum Gasteiger partial charge on any atom is -0.444 e. The predicted molar refractivity (Wildman–Crippen MR) is 84.0 cm³/mol. The standard InChI is InChI=1S/C17H25FN2O2/c1-17(2,3)22-16(21)20-15-9-8-14(10-15)19-11-12-4-6-13(18)7-5-12/h4-7,14-15,19H,8-11H2,1-3H3,(H,20,21). The first kappa shape index (κ1) is 16.7. The second kappa shape index (κ2) is 7.09. The average Bonchev–Trinajstić information content (AvgIpc) is 2.83. The molecule has 1 aliphatic carbocycles. The molecule has 1 aromatic carbocycles. The van der Waals surface area contributed by atoms with Crippen LogP contribution in [0, 0.1) is 5.82 Å². The van der Waals surface area contributed by atoms with Crippen LogP contribution in [0.15, 0.2) is 24.3 Å². The van der Waals surface area contributed by atoms with Gasteiger partial charge in [0, 0.05) is 18.6 Å². The van der Waals surface area contributed by atoms with Crippen molar-refractivity contribution in [2.75, 3.05) is 0 Å². The number of ether oxygens (including phenoxy) is 1. The van der Waals surface area contributed by atoms with E-state index in [4.69, 9.17) is 4.74 Å². The van der Waals surface area contributed by atoms with Gasteiger partial charge in [0.15, 0.2) is 0 Å². The molecule has 0 bridgehead atoms. The Morgan fingerprint density at radius 3 is 2.50 bits per heavy atom. The largest absolute Gasteiger partial charge is 0.444 e. The topological polar surface area (TPSA) is 50.4 Å². The van der Waals surface area contributed by atoms with E-state index < -0.39 is 5.60 Å². The maximum atomic E-state index is 12.8. The minimum atomic E-state index is -0.469. The Kier molecular flexibility index (Phi) is 5.40. The minimum absolute atomic E-state index is 0.153. The van der Waals surface area contributed by atoms with Crippen LogP contribution in [0.1, 0.15) is 45.6 Å². The summed E-state index contributed by atoms with van der Waals surface area (Å²) in [5.41, 5.74) is 0.591. The summed E-state index contributed by atoms with van der Waals surface area (Å²) in [5, 5.41) is 6.37. The van der Waals surface area contributed by atoms with Gasteiger partial charge in [0.05, 0.1) is 0 Å². The maximum Gasteiger partial charge on any atom is 0.407 e. The molecule has 5 heteroatoms. The molecule has 122 valence electrons. The molecule has 0 saturated heterocycles. The Morgan fingerprint density at radius 2 is 1.86 bits per heavy atom. The summed E-state index contributed by atoms with van der Waals surface area (Å²) in [5.74, 6) is -0.216. The first-order chi connectivity index (χ1) is 10.3. The van der Waals surface area contributed by atoms with Crippen LogP contribution in [-0.2, 0) is 11.3 Å². The summed E-state index contributed by atoms with van der Waals surface area (Å²) >= 11 is 0. The third-order valence-electron chi connectivity index (χ3n) is 3.66. The van der Waals surface area contributed by atoms with Crippen molar-refractivity contribution in [3.8, 4) is 0 Å². The van der Waals surface area contributed by atoms with Crippen molar-refractivity contribution in [3.05, 3.63) is 35.6 Å². The quantitative estimate of drug-likeness (QED) is 0.896. The Labute approximate surface area is 131 Å². The van der Waals surface area contributed by atoms with Gasteiger partial charge in [0.1, 0.15) is 11.4 Å². The highest BCUT2D eigenvalue weighted by Gasteiger charge is 2.27. The third-order valence-corrected chi connectivity index (χ3v) is 3.66. The maximum absolute atomic E-state index is 12.8. The van der Waals surface area contributed by atoms with Gasteiger partial charge in [-0.1, -0.05) is 12.1 Å². The Hall–Kier alpha value is -1.62. The van der Waals surface area contributed by atoms with E-state index in [1.165, 1.54) is 12.1 Å². The highest BCUT2D eigenvalue weighted by Crippen LogP contribution is 2.20. The van der Waals surface area contributed by atoms with E-state index >= 15 is 0 Å². The van der Waals surface area contributed by atoms with Crippen molar-refractivity contribution in [3.63, 3.8) is 0 Å². The van der Waals surface area contributed by atoms with Gasteiger partial charge < -0.3 is 15.4 Å². The zero-order valence-corrected chi connectivity index (χ0v) is 13.5. The molecule has 2 rings (SSSR count). The zero-order chi connectivity index (χ0) is 16.2. The SMILES string of the molecule is CC(C)(C)OC(=O)NC1CCC(NCc2ccc(F)cc2)C1. The number of hydrogen-bond acceptors (Lipinski definition) is 3. The summed E-state index contributed by atoms with van der Waals surface area (Å²) in [6.07, 6.45) is 2.50. The van der Waals surface area contributed by atoms with Crippen molar-refractivity contribution in [2.45, 2.75) is 64.3 Å². The van der Waals surface area contributed by atoms with Crippen molar-refractivity contribution >= 4 is 6.09 Å². The van der Waals surface area contributed by atoms with Gasteiger partial charge in [-0.15, -0.1) is 0 Å². The Balaban J connectivity index is 1.71. The second-order valence-corrected chi connectivity index (χ2v) is 6.86. The van der Waals surface area contributed by atoms with Gasteiger partial charge in [-0.3, -0.25) is 0 Å². The summed E-state index contributed by atoms with van der Waals surface area (Å²) in [6.45, 7) is 6.28. The van der Waals surface area contributed by atoms with Crippen molar-refractivity contribution in [1.29, 1.82) is 0 Å². The van der Waals surface area contributed by atoms with Crippen LogP contribution in [-0.4, -0.2) is 23.8 Å². The molecule has 1 aliphatic rings. The molecule has 4 nitrogen and oxygen atoms in total. The van der Waals surface area contributed by atoms with Gasteiger partial charge in [0.2, 0.25) is 0 Å². The molecule has 22 heavy (non-hydrogen) atoms. The predicted octanol–water partition coefficient (Wildman–Crippen LogP) is 3.36. The van der Waals surface area contributed by atoms with Crippen LogP contribution in [0.2, 0.25) is 0 Å². The van der Waals surface area contributed by atoms with E-state index in [1.807, 2.05) is 20.8 Å². The Morgan fingerprint density at radius 1 is 1.23 bits per heavy atom. The number of rotatable bonds is 4. The lowest BCUT2D eigenvalue weighted by molar-refractivity contribution is 0.0505. The fourth-order valence-corrected chi connectivity index (χ4v) is 2.64. The molecule has 0 aliphatic heterocycles. The highest BCUT2D eigenvalue weighted by molar-refractivity contribution is 5.68. The van der Waals surface area contributed by atoms with Crippen LogP contribution in [0.5, 0.6) is 0 Å². The molecule has 0 spiro atoms. The second-order valence-electron chi connectivity index (χ2n) is 6.86. The van der Waals surface area contributed by atoms with Gasteiger partial charge >= 0.3 is 6.09 Å². The van der Waals surface area contributed by atoms with Crippen LogP contribution < -0.4 is 10.6 Å². The van der Waals surface area contributed by atoms with E-state index in [1.54, 1.807) is 12.1 Å². The summed E-state index contributed by atoms with van der Waals surface area (Å²) in [6, 6.07) is 7.03. The fraction of sp³-hybridized carbons (Fsp3) is 0.588. The molecule has 2 N–H and O–H groups in total. The fourth-order valence-electron chi connectivity index (χ4n) is 2.64. The van der Waals surface area contributed by atoms with E-state index in [0.717, 1.165) is 24.8 Å². The number of alkyl carbamates (subject to hydrolysis) is 1. The molecular formula is C17H25FN2O2. The molecule has 1 aromatic rings. The first-order valence-corrected chi connectivity index (χ1v) is 7.79. The molecule has 1 fully saturated rings. The lowest BCUT2D eigenvalue weighted by atomic mass is 10.2. The molecule has 1 amide bonds. The average molecular weight is 308 g/mol. The molecule has 2 atom stereocenters. The van der Waals surface area contributed by atoms with E-state index in [2.05, 4.69) is 10.6 Å². The van der Waals surface area contributed by atoms with Crippen LogP contribution >= 0.6 is 0 Å². The molecule has 1 saturated carbocycles. The van der Waals surface area contributed by atoms with Gasteiger partial charge in [0.25, 0.3) is 0 Å². The van der Waals surface area contributed by atoms with Crippen molar-refractivity contribution in [2.24, 2.45) is 0 Å². The number of benzene rings is 1. The first-order valence-electron chi connectivity index (χ1n) is 7.79. The number of hydrogen-bond donors (Lipinski definition) is 2.